The van der Waals surface area contributed by atoms with E-state index in [-0.39, 0.29) is 39.4 Å². The van der Waals surface area contributed by atoms with Gasteiger partial charge in [0.05, 0.1) is 11.2 Å². The number of rotatable bonds is 2. The summed E-state index contributed by atoms with van der Waals surface area (Å²) >= 11 is 0. The van der Waals surface area contributed by atoms with Crippen LogP contribution in [0.1, 0.15) is 34.1 Å². The summed E-state index contributed by atoms with van der Waals surface area (Å²) in [6.45, 7) is 15.7. The molecule has 1 rings (SSSR count). The van der Waals surface area contributed by atoms with Gasteiger partial charge in [0.1, 0.15) is 0 Å². The summed E-state index contributed by atoms with van der Waals surface area (Å²) in [6.07, 6.45) is 2.44. The van der Waals surface area contributed by atoms with Gasteiger partial charge in [0, 0.05) is 0 Å². The Labute approximate surface area is 108 Å². The van der Waals surface area contributed by atoms with Crippen LogP contribution in [0.3, 0.4) is 0 Å². The van der Waals surface area contributed by atoms with Crippen LogP contribution in [0.4, 0.5) is 0 Å². The van der Waals surface area contributed by atoms with Crippen molar-refractivity contribution in [1.29, 1.82) is 0 Å². The van der Waals surface area contributed by atoms with E-state index in [9.17, 15) is 0 Å². The van der Waals surface area contributed by atoms with Crippen LogP contribution in [0.25, 0.3) is 0 Å². The zero-order valence-electron chi connectivity index (χ0n) is 10.0. The van der Waals surface area contributed by atoms with Crippen LogP contribution in [0.5, 0.6) is 0 Å². The average Bonchev–Trinajstić information content (AvgIpc) is 2.23. The molecule has 1 fully saturated rings. The number of hydrogen-bond acceptors (Lipinski definition) is 2. The Morgan fingerprint density at radius 3 is 1.87 bits per heavy atom. The maximum atomic E-state index is 5.84. The summed E-state index contributed by atoms with van der Waals surface area (Å²) in [5.41, 5.74) is 0.450. The summed E-state index contributed by atoms with van der Waals surface area (Å²) < 4.78 is 11.7. The maximum Gasteiger partial charge on any atom is 2.00 e. The standard InChI is InChI=1S/C11H19BO2.W/c1-7-9(8-2)12-13-10(3,4)11(5,6)14-12;/h7H,1-2,8H2,3-6H3;/q-2;+2/b9-7+;. The first kappa shape index (κ1) is 15.3. The van der Waals surface area contributed by atoms with Crippen molar-refractivity contribution < 1.29 is 30.4 Å². The number of allylic oxidation sites excluding steroid dienone is 2. The molecule has 0 radical (unpaired) electrons. The summed E-state index contributed by atoms with van der Waals surface area (Å²) in [7, 11) is -0.282. The van der Waals surface area contributed by atoms with Crippen LogP contribution in [-0.4, -0.2) is 18.3 Å². The quantitative estimate of drug-likeness (QED) is 0.544. The molecule has 1 aliphatic heterocycles. The van der Waals surface area contributed by atoms with E-state index in [1.807, 2.05) is 27.7 Å². The molecule has 15 heavy (non-hydrogen) atoms. The fraction of sp³-hybridized carbons (Fsp3) is 0.636. The van der Waals surface area contributed by atoms with E-state index in [2.05, 4.69) is 13.8 Å². The fourth-order valence-electron chi connectivity index (χ4n) is 1.31. The molecule has 2 nitrogen and oxygen atoms in total. The van der Waals surface area contributed by atoms with Crippen molar-refractivity contribution in [2.24, 2.45) is 0 Å². The molecule has 1 heterocycles. The number of hydrogen-bond donors (Lipinski definition) is 0. The van der Waals surface area contributed by atoms with Crippen molar-refractivity contribution in [1.82, 2.24) is 0 Å². The predicted octanol–water partition coefficient (Wildman–Crippen LogP) is 2.60. The molecule has 0 atom stereocenters. The molecule has 0 amide bonds. The zero-order valence-corrected chi connectivity index (χ0v) is 12.9. The van der Waals surface area contributed by atoms with E-state index in [4.69, 9.17) is 9.31 Å². The molecule has 1 saturated heterocycles. The summed E-state index contributed by atoms with van der Waals surface area (Å²) in [4.78, 5) is 0. The average molecular weight is 378 g/mol. The molecule has 0 saturated carbocycles. The van der Waals surface area contributed by atoms with E-state index in [0.717, 1.165) is 5.47 Å². The van der Waals surface area contributed by atoms with Gasteiger partial charge in [0.15, 0.2) is 0 Å². The molecule has 0 N–H and O–H groups in total. The van der Waals surface area contributed by atoms with Gasteiger partial charge in [-0.2, -0.15) is 0 Å². The Hall–Kier alpha value is 0.283. The minimum atomic E-state index is -0.282. The second-order valence-electron chi connectivity index (χ2n) is 4.62. The first-order valence-electron chi connectivity index (χ1n) is 4.97. The summed E-state index contributed by atoms with van der Waals surface area (Å²) in [5, 5.41) is 0. The predicted molar refractivity (Wildman–Crippen MR) is 59.5 cm³/mol. The second kappa shape index (κ2) is 5.08. The van der Waals surface area contributed by atoms with Crippen LogP contribution < -0.4 is 0 Å². The topological polar surface area (TPSA) is 18.5 Å². The van der Waals surface area contributed by atoms with Crippen LogP contribution >= 0.6 is 0 Å². The molecule has 0 aromatic rings. The van der Waals surface area contributed by atoms with Crippen LogP contribution in [-0.2, 0) is 30.4 Å². The summed E-state index contributed by atoms with van der Waals surface area (Å²) in [5.74, 6) is 0. The van der Waals surface area contributed by atoms with Crippen LogP contribution in [0, 0.1) is 13.8 Å². The Balaban J connectivity index is 0.00000196. The van der Waals surface area contributed by atoms with Gasteiger partial charge in [-0.1, -0.05) is 0 Å². The van der Waals surface area contributed by atoms with Crippen LogP contribution in [0.2, 0.25) is 0 Å². The van der Waals surface area contributed by atoms with Gasteiger partial charge in [-0.15, -0.1) is 0 Å². The van der Waals surface area contributed by atoms with Gasteiger partial charge in [0.2, 0.25) is 0 Å². The molecule has 0 bridgehead atoms. The normalized spacial score (nSPS) is 23.8. The van der Waals surface area contributed by atoms with Gasteiger partial charge >= 0.3 is 28.2 Å². The van der Waals surface area contributed by atoms with Gasteiger partial charge in [-0.25, -0.2) is 24.9 Å². The van der Waals surface area contributed by atoms with Crippen molar-refractivity contribution >= 4 is 7.12 Å². The first-order valence-corrected chi connectivity index (χ1v) is 4.97. The van der Waals surface area contributed by atoms with Gasteiger partial charge in [-0.3, -0.25) is 0 Å². The SMILES string of the molecule is [CH2-]/C=C(\C[CH2-])B1OC(C)(C)C(C)(C)O1.[W+2]. The van der Waals surface area contributed by atoms with Crippen molar-refractivity contribution in [3.05, 3.63) is 25.4 Å². The Bertz CT molecular complexity index is 233. The third-order valence-electron chi connectivity index (χ3n) is 3.11. The van der Waals surface area contributed by atoms with E-state index in [1.165, 1.54) is 0 Å². The zero-order chi connectivity index (χ0) is 11.0. The molecular formula is C11H19BO2W. The maximum absolute atomic E-state index is 5.84. The molecule has 4 heteroatoms. The van der Waals surface area contributed by atoms with E-state index >= 15 is 0 Å². The third kappa shape index (κ3) is 2.90. The molecule has 0 unspecified atom stereocenters. The molecule has 0 aromatic carbocycles. The Morgan fingerprint density at radius 2 is 1.60 bits per heavy atom. The largest absolute Gasteiger partial charge is 2.00 e. The molecule has 0 aromatic heterocycles. The van der Waals surface area contributed by atoms with Crippen molar-refractivity contribution in [3.63, 3.8) is 0 Å². The van der Waals surface area contributed by atoms with Crippen molar-refractivity contribution in [2.75, 3.05) is 0 Å². The molecule has 0 spiro atoms. The van der Waals surface area contributed by atoms with E-state index < -0.39 is 0 Å². The van der Waals surface area contributed by atoms with Crippen LogP contribution in [0.15, 0.2) is 11.5 Å². The molecule has 1 aliphatic rings. The Morgan fingerprint density at radius 1 is 1.20 bits per heavy atom. The van der Waals surface area contributed by atoms with E-state index in [0.29, 0.717) is 6.42 Å². The fourth-order valence-corrected chi connectivity index (χ4v) is 1.31. The third-order valence-corrected chi connectivity index (χ3v) is 3.11. The summed E-state index contributed by atoms with van der Waals surface area (Å²) in [6, 6.07) is 0. The minimum absolute atomic E-state index is 0. The smallest absolute Gasteiger partial charge is 0.414 e. The van der Waals surface area contributed by atoms with Gasteiger partial charge in [-0.05, 0) is 27.7 Å². The minimum Gasteiger partial charge on any atom is -0.414 e. The Kier molecular flexibility index (Phi) is 5.17. The first-order chi connectivity index (χ1) is 6.34. The molecule has 0 aliphatic carbocycles. The van der Waals surface area contributed by atoms with E-state index in [1.54, 1.807) is 6.08 Å². The van der Waals surface area contributed by atoms with Crippen molar-refractivity contribution in [2.45, 2.75) is 45.3 Å². The van der Waals surface area contributed by atoms with Gasteiger partial charge < -0.3 is 16.2 Å². The second-order valence-corrected chi connectivity index (χ2v) is 4.62. The molecule has 84 valence electrons. The van der Waals surface area contributed by atoms with Gasteiger partial charge in [0.25, 0.3) is 0 Å². The van der Waals surface area contributed by atoms with Crippen molar-refractivity contribution in [3.8, 4) is 0 Å². The monoisotopic (exact) mass is 378 g/mol. The molecular weight excluding hydrogens is 359 g/mol.